The molecule has 1 aromatic carbocycles. The number of benzene rings is 1. The van der Waals surface area contributed by atoms with Gasteiger partial charge in [0.2, 0.25) is 0 Å². The number of hydrogen-bond acceptors (Lipinski definition) is 3. The number of pyridine rings is 1. The maximum Gasteiger partial charge on any atom is 0.119 e. The van der Waals surface area contributed by atoms with Gasteiger partial charge in [-0.3, -0.25) is 4.98 Å². The molecule has 0 radical (unpaired) electrons. The largest absolute Gasteiger partial charge is 0.497 e. The minimum absolute atomic E-state index is 0.482. The van der Waals surface area contributed by atoms with E-state index < -0.39 is 6.10 Å². The molecule has 1 heterocycles. The normalized spacial score (nSPS) is 12.2. The van der Waals surface area contributed by atoms with Gasteiger partial charge in [0.05, 0.1) is 18.9 Å². The van der Waals surface area contributed by atoms with E-state index >= 15 is 0 Å². The molecular formula is C15H17NO2. The third-order valence-corrected chi connectivity index (χ3v) is 2.92. The fourth-order valence-electron chi connectivity index (χ4n) is 1.78. The van der Waals surface area contributed by atoms with E-state index in [0.29, 0.717) is 12.1 Å². The van der Waals surface area contributed by atoms with E-state index in [1.165, 1.54) is 0 Å². The summed E-state index contributed by atoms with van der Waals surface area (Å²) < 4.78 is 5.20. The maximum atomic E-state index is 9.69. The van der Waals surface area contributed by atoms with E-state index in [1.54, 1.807) is 13.3 Å². The Morgan fingerprint density at radius 1 is 1.22 bits per heavy atom. The highest BCUT2D eigenvalue weighted by Crippen LogP contribution is 2.24. The van der Waals surface area contributed by atoms with E-state index in [1.807, 2.05) is 43.3 Å². The average Bonchev–Trinajstić information content (AvgIpc) is 2.46. The van der Waals surface area contributed by atoms with Crippen LogP contribution in [0.1, 0.15) is 25.1 Å². The van der Waals surface area contributed by atoms with Gasteiger partial charge in [-0.2, -0.15) is 0 Å². The second kappa shape index (κ2) is 5.65. The van der Waals surface area contributed by atoms with E-state index in [0.717, 1.165) is 16.9 Å². The molecule has 0 fully saturated rings. The molecular weight excluding hydrogens is 226 g/mol. The predicted molar refractivity (Wildman–Crippen MR) is 71.5 cm³/mol. The van der Waals surface area contributed by atoms with Crippen molar-refractivity contribution < 1.29 is 9.84 Å². The molecule has 0 amide bonds. The number of nitrogens with zero attached hydrogens (tertiary/aromatic N) is 1. The van der Waals surface area contributed by atoms with Crippen LogP contribution in [0, 0.1) is 0 Å². The van der Waals surface area contributed by atoms with Gasteiger partial charge in [0.15, 0.2) is 0 Å². The number of ether oxygens (including phenoxy) is 1. The van der Waals surface area contributed by atoms with Crippen LogP contribution < -0.4 is 4.74 Å². The topological polar surface area (TPSA) is 42.4 Å². The van der Waals surface area contributed by atoms with Gasteiger partial charge >= 0.3 is 0 Å². The summed E-state index contributed by atoms with van der Waals surface area (Å²) in [6.07, 6.45) is 1.97. The smallest absolute Gasteiger partial charge is 0.119 e. The molecule has 94 valence electrons. The number of aliphatic hydroxyl groups is 1. The molecule has 1 N–H and O–H groups in total. The molecule has 2 rings (SSSR count). The minimum atomic E-state index is -0.482. The third-order valence-electron chi connectivity index (χ3n) is 2.92. The Labute approximate surface area is 107 Å². The highest BCUT2D eigenvalue weighted by Gasteiger charge is 2.06. The molecule has 3 nitrogen and oxygen atoms in total. The molecule has 0 aliphatic rings. The molecule has 0 bridgehead atoms. The Hall–Kier alpha value is -1.87. The van der Waals surface area contributed by atoms with Gasteiger partial charge in [-0.25, -0.2) is 0 Å². The van der Waals surface area contributed by atoms with E-state index in [9.17, 15) is 5.11 Å². The van der Waals surface area contributed by atoms with Gasteiger partial charge in [0.25, 0.3) is 0 Å². The minimum Gasteiger partial charge on any atom is -0.497 e. The van der Waals surface area contributed by atoms with Crippen molar-refractivity contribution in [3.63, 3.8) is 0 Å². The van der Waals surface area contributed by atoms with Crippen LogP contribution in [0.2, 0.25) is 0 Å². The molecule has 0 aliphatic heterocycles. The summed E-state index contributed by atoms with van der Waals surface area (Å²) in [6, 6.07) is 11.7. The monoisotopic (exact) mass is 243 g/mol. The number of hydrogen-bond donors (Lipinski definition) is 1. The van der Waals surface area contributed by atoms with Crippen molar-refractivity contribution >= 4 is 0 Å². The molecule has 1 atom stereocenters. The molecule has 0 saturated carbocycles. The van der Waals surface area contributed by atoms with Crippen molar-refractivity contribution in [2.45, 2.75) is 19.4 Å². The molecule has 18 heavy (non-hydrogen) atoms. The fraction of sp³-hybridized carbons (Fsp3) is 0.267. The van der Waals surface area contributed by atoms with Crippen molar-refractivity contribution in [1.82, 2.24) is 4.98 Å². The van der Waals surface area contributed by atoms with Crippen LogP contribution in [0.15, 0.2) is 42.6 Å². The van der Waals surface area contributed by atoms with Crippen molar-refractivity contribution in [1.29, 1.82) is 0 Å². The number of rotatable bonds is 4. The maximum absolute atomic E-state index is 9.69. The van der Waals surface area contributed by atoms with Crippen molar-refractivity contribution in [2.75, 3.05) is 7.11 Å². The summed E-state index contributed by atoms with van der Waals surface area (Å²) in [5.41, 5.74) is 2.78. The average molecular weight is 243 g/mol. The Morgan fingerprint density at radius 3 is 2.67 bits per heavy atom. The molecule has 1 aromatic heterocycles. The first kappa shape index (κ1) is 12.6. The lowest BCUT2D eigenvalue weighted by atomic mass is 10.1. The Morgan fingerprint density at radius 2 is 2.06 bits per heavy atom. The zero-order chi connectivity index (χ0) is 13.0. The molecule has 1 unspecified atom stereocenters. The van der Waals surface area contributed by atoms with Crippen LogP contribution in [0.5, 0.6) is 5.75 Å². The Bertz CT molecular complexity index is 508. The Balaban J connectivity index is 2.28. The first-order valence-corrected chi connectivity index (χ1v) is 6.03. The summed E-state index contributed by atoms with van der Waals surface area (Å²) in [7, 11) is 1.65. The summed E-state index contributed by atoms with van der Waals surface area (Å²) in [5.74, 6) is 0.824. The number of aromatic nitrogens is 1. The van der Waals surface area contributed by atoms with Gasteiger partial charge in [-0.15, -0.1) is 0 Å². The second-order valence-electron chi connectivity index (χ2n) is 4.13. The molecule has 0 spiro atoms. The lowest BCUT2D eigenvalue weighted by Crippen LogP contribution is -1.98. The molecule has 3 heteroatoms. The van der Waals surface area contributed by atoms with Crippen LogP contribution in [-0.4, -0.2) is 17.2 Å². The summed E-state index contributed by atoms with van der Waals surface area (Å²) >= 11 is 0. The first-order valence-electron chi connectivity index (χ1n) is 6.03. The van der Waals surface area contributed by atoms with Gasteiger partial charge in [0.1, 0.15) is 5.75 Å². The number of aliphatic hydroxyl groups excluding tert-OH is 1. The standard InChI is InChI=1S/C15H17NO2/c1-3-15(17)14-8-7-12(10-16-14)11-5-4-6-13(9-11)18-2/h4-10,15,17H,3H2,1-2H3. The van der Waals surface area contributed by atoms with Crippen molar-refractivity contribution in [2.24, 2.45) is 0 Å². The SMILES string of the molecule is CCC(O)c1ccc(-c2cccc(OC)c2)cn1. The van der Waals surface area contributed by atoms with Crippen molar-refractivity contribution in [3.05, 3.63) is 48.3 Å². The summed E-state index contributed by atoms with van der Waals surface area (Å²) in [4.78, 5) is 4.29. The van der Waals surface area contributed by atoms with E-state index in [2.05, 4.69) is 4.98 Å². The molecule has 0 saturated heterocycles. The zero-order valence-electron chi connectivity index (χ0n) is 10.6. The fourth-order valence-corrected chi connectivity index (χ4v) is 1.78. The lowest BCUT2D eigenvalue weighted by molar-refractivity contribution is 0.169. The number of methoxy groups -OCH3 is 1. The van der Waals surface area contributed by atoms with Gasteiger partial charge in [0, 0.05) is 11.8 Å². The van der Waals surface area contributed by atoms with Crippen molar-refractivity contribution in [3.8, 4) is 16.9 Å². The molecule has 0 aliphatic carbocycles. The van der Waals surface area contributed by atoms with Crippen LogP contribution in [0.25, 0.3) is 11.1 Å². The highest BCUT2D eigenvalue weighted by molar-refractivity contribution is 5.64. The highest BCUT2D eigenvalue weighted by atomic mass is 16.5. The van der Waals surface area contributed by atoms with Crippen LogP contribution in [0.4, 0.5) is 0 Å². The van der Waals surface area contributed by atoms with Crippen LogP contribution in [0.3, 0.4) is 0 Å². The lowest BCUT2D eigenvalue weighted by Gasteiger charge is -2.08. The quantitative estimate of drug-likeness (QED) is 0.896. The van der Waals surface area contributed by atoms with E-state index in [-0.39, 0.29) is 0 Å². The predicted octanol–water partition coefficient (Wildman–Crippen LogP) is 3.20. The summed E-state index contributed by atoms with van der Waals surface area (Å²) in [5, 5.41) is 9.69. The third kappa shape index (κ3) is 2.68. The first-order chi connectivity index (χ1) is 8.74. The van der Waals surface area contributed by atoms with Gasteiger partial charge in [-0.1, -0.05) is 25.1 Å². The van der Waals surface area contributed by atoms with Crippen LogP contribution in [-0.2, 0) is 0 Å². The Kier molecular flexibility index (Phi) is 3.95. The van der Waals surface area contributed by atoms with Crippen LogP contribution >= 0.6 is 0 Å². The molecule has 2 aromatic rings. The summed E-state index contributed by atoms with van der Waals surface area (Å²) in [6.45, 7) is 1.93. The second-order valence-corrected chi connectivity index (χ2v) is 4.13. The van der Waals surface area contributed by atoms with E-state index in [4.69, 9.17) is 4.74 Å². The van der Waals surface area contributed by atoms with Gasteiger partial charge in [-0.05, 0) is 30.2 Å². The zero-order valence-corrected chi connectivity index (χ0v) is 10.6. The van der Waals surface area contributed by atoms with Gasteiger partial charge < -0.3 is 9.84 Å².